The zero-order valence-electron chi connectivity index (χ0n) is 26.4. The number of likely N-dealkylation sites (tertiary alicyclic amines) is 1. The van der Waals surface area contributed by atoms with Gasteiger partial charge in [0.2, 0.25) is 5.91 Å². The van der Waals surface area contributed by atoms with E-state index in [1.807, 2.05) is 41.3 Å². The summed E-state index contributed by atoms with van der Waals surface area (Å²) in [6, 6.07) is 11.8. The molecule has 2 aromatic rings. The molecular weight excluding hydrogens is 622 g/mol. The number of rotatable bonds is 3. The van der Waals surface area contributed by atoms with Crippen molar-refractivity contribution in [2.24, 2.45) is 0 Å². The van der Waals surface area contributed by atoms with Gasteiger partial charge in [-0.2, -0.15) is 0 Å². The highest BCUT2D eigenvalue weighted by Gasteiger charge is 2.46. The van der Waals surface area contributed by atoms with Crippen molar-refractivity contribution < 1.29 is 55.1 Å². The lowest BCUT2D eigenvalue weighted by molar-refractivity contribution is -0.227. The van der Waals surface area contributed by atoms with Crippen LogP contribution in [0.2, 0.25) is 0 Å². The molecule has 3 saturated heterocycles. The maximum absolute atomic E-state index is 12.2. The molecule has 6 rings (SSSR count). The summed E-state index contributed by atoms with van der Waals surface area (Å²) < 4.78 is 11.1. The number of amides is 1. The van der Waals surface area contributed by atoms with Crippen molar-refractivity contribution >= 4 is 5.91 Å². The van der Waals surface area contributed by atoms with Crippen LogP contribution in [0, 0.1) is 23.7 Å². The van der Waals surface area contributed by atoms with Crippen LogP contribution < -0.4 is 0 Å². The summed E-state index contributed by atoms with van der Waals surface area (Å²) in [5, 5.41) is 80.3. The van der Waals surface area contributed by atoms with E-state index in [9.17, 15) is 45.6 Å². The maximum atomic E-state index is 12.2. The fourth-order valence-corrected chi connectivity index (χ4v) is 7.37. The number of carbonyl (C=O) groups is 1. The minimum atomic E-state index is -1.52. The number of hydrogen-bond acceptors (Lipinski definition) is 11. The molecule has 8 N–H and O–H groups in total. The van der Waals surface area contributed by atoms with E-state index in [1.54, 1.807) is 6.92 Å². The fourth-order valence-electron chi connectivity index (χ4n) is 7.37. The standard InChI is InChI=1S/C36H41NO11/c1-19(40)37-13-11-36(12-14-37)24-15-20(3-2-4-26-30(41)34(45)32(43)28(17-38)47-26)5-8-22(24)23-9-6-21(16-25(23)36)7-10-27-31(42)35(46)33(44)29(18-39)48-27/h5-6,8-9,15-16,26-35,38-39,41-46H,4,11-14,17-18H2,1H3/t26-,27-,28-,29-,30-,31-,32-,33-,34-,35-/m1/s1. The lowest BCUT2D eigenvalue weighted by atomic mass is 9.70. The molecule has 12 heteroatoms. The minimum absolute atomic E-state index is 0.00949. The van der Waals surface area contributed by atoms with E-state index in [0.717, 1.165) is 27.8 Å². The second kappa shape index (κ2) is 13.9. The van der Waals surface area contributed by atoms with Gasteiger partial charge in [-0.05, 0) is 59.4 Å². The minimum Gasteiger partial charge on any atom is -0.394 e. The number of ether oxygens (including phenoxy) is 2. The van der Waals surface area contributed by atoms with Crippen LogP contribution in [-0.4, -0.2) is 139 Å². The fraction of sp³-hybridized carbons (Fsp3) is 0.528. The second-order valence-electron chi connectivity index (χ2n) is 13.0. The third-order valence-electron chi connectivity index (χ3n) is 10.2. The average molecular weight is 664 g/mol. The van der Waals surface area contributed by atoms with E-state index in [0.29, 0.717) is 31.5 Å². The van der Waals surface area contributed by atoms with Crippen LogP contribution in [0.1, 0.15) is 48.4 Å². The summed E-state index contributed by atoms with van der Waals surface area (Å²) >= 11 is 0. The number of benzene rings is 2. The molecule has 1 amide bonds. The number of aliphatic hydroxyl groups excluding tert-OH is 8. The van der Waals surface area contributed by atoms with Gasteiger partial charge in [0, 0.05) is 43.0 Å². The zero-order valence-corrected chi connectivity index (χ0v) is 26.4. The molecule has 1 aliphatic carbocycles. The smallest absolute Gasteiger partial charge is 0.219 e. The van der Waals surface area contributed by atoms with Crippen LogP contribution in [0.25, 0.3) is 11.1 Å². The SMILES string of the molecule is CC(=O)N1CCC2(CC1)c1cc(C#CC[C@H]3O[C@H](CO)[C@@H](O)[C@H](O)[C@@H]3O)ccc1-c1ccc(C#C[C@H]3O[C@H](CO)[C@@H](O)[C@H](O)[C@@H]3O)cc12. The predicted octanol–water partition coefficient (Wildman–Crippen LogP) is -1.63. The number of aliphatic hydroxyl groups is 8. The van der Waals surface area contributed by atoms with E-state index in [2.05, 4.69) is 23.7 Å². The van der Waals surface area contributed by atoms with Crippen molar-refractivity contribution in [1.29, 1.82) is 0 Å². The van der Waals surface area contributed by atoms with Crippen molar-refractivity contribution in [2.75, 3.05) is 26.3 Å². The summed E-state index contributed by atoms with van der Waals surface area (Å²) in [6.45, 7) is 1.62. The molecule has 10 atom stereocenters. The number of fused-ring (bicyclic) bond motifs is 5. The van der Waals surface area contributed by atoms with Gasteiger partial charge in [-0.3, -0.25) is 4.79 Å². The van der Waals surface area contributed by atoms with Crippen molar-refractivity contribution in [2.45, 2.75) is 92.6 Å². The molecule has 0 bridgehead atoms. The first-order valence-corrected chi connectivity index (χ1v) is 16.2. The third-order valence-corrected chi connectivity index (χ3v) is 10.2. The lowest BCUT2D eigenvalue weighted by Crippen LogP contribution is -2.58. The molecule has 0 aromatic heterocycles. The Balaban J connectivity index is 1.30. The molecule has 3 heterocycles. The molecule has 4 aliphatic rings. The normalized spacial score (nSPS) is 33.6. The zero-order chi connectivity index (χ0) is 34.3. The Morgan fingerprint density at radius 2 is 1.27 bits per heavy atom. The summed E-state index contributed by atoms with van der Waals surface area (Å²) in [4.78, 5) is 14.1. The van der Waals surface area contributed by atoms with E-state index < -0.39 is 79.7 Å². The Labute approximate surface area is 278 Å². The molecule has 0 unspecified atom stereocenters. The first-order chi connectivity index (χ1) is 23.0. The maximum Gasteiger partial charge on any atom is 0.219 e. The molecule has 48 heavy (non-hydrogen) atoms. The van der Waals surface area contributed by atoms with Gasteiger partial charge in [-0.1, -0.05) is 35.8 Å². The van der Waals surface area contributed by atoms with Gasteiger partial charge in [0.05, 0.1) is 19.3 Å². The number of carbonyl (C=O) groups excluding carboxylic acids is 1. The number of hydrogen-bond donors (Lipinski definition) is 8. The Bertz CT molecular complexity index is 1640. The highest BCUT2D eigenvalue weighted by molar-refractivity contribution is 5.83. The Morgan fingerprint density at radius 1 is 0.750 bits per heavy atom. The van der Waals surface area contributed by atoms with E-state index in [-0.39, 0.29) is 12.3 Å². The largest absolute Gasteiger partial charge is 0.394 e. The molecule has 0 radical (unpaired) electrons. The Hall–Kier alpha value is -3.37. The monoisotopic (exact) mass is 663 g/mol. The van der Waals surface area contributed by atoms with Gasteiger partial charge in [-0.15, -0.1) is 0 Å². The van der Waals surface area contributed by atoms with Crippen LogP contribution in [0.5, 0.6) is 0 Å². The van der Waals surface area contributed by atoms with E-state index >= 15 is 0 Å². The first-order valence-electron chi connectivity index (χ1n) is 16.2. The molecular formula is C36H41NO11. The van der Waals surface area contributed by atoms with Gasteiger partial charge in [-0.25, -0.2) is 0 Å². The highest BCUT2D eigenvalue weighted by atomic mass is 16.5. The van der Waals surface area contributed by atoms with Crippen LogP contribution in [0.15, 0.2) is 36.4 Å². The van der Waals surface area contributed by atoms with E-state index in [4.69, 9.17) is 9.47 Å². The molecule has 0 saturated carbocycles. The summed E-state index contributed by atoms with van der Waals surface area (Å²) in [6.07, 6.45) is -11.4. The quantitative estimate of drug-likeness (QED) is 0.176. The van der Waals surface area contributed by atoms with Gasteiger partial charge in [0.15, 0.2) is 0 Å². The van der Waals surface area contributed by atoms with Crippen LogP contribution >= 0.6 is 0 Å². The third kappa shape index (κ3) is 6.15. The van der Waals surface area contributed by atoms with Gasteiger partial charge >= 0.3 is 0 Å². The summed E-state index contributed by atoms with van der Waals surface area (Å²) in [7, 11) is 0. The first kappa shape index (κ1) is 34.5. The van der Waals surface area contributed by atoms with Gasteiger partial charge < -0.3 is 55.2 Å². The predicted molar refractivity (Wildman–Crippen MR) is 170 cm³/mol. The van der Waals surface area contributed by atoms with Crippen molar-refractivity contribution in [3.8, 4) is 34.8 Å². The van der Waals surface area contributed by atoms with Crippen LogP contribution in [0.4, 0.5) is 0 Å². The molecule has 2 aromatic carbocycles. The van der Waals surface area contributed by atoms with Crippen LogP contribution in [-0.2, 0) is 19.7 Å². The molecule has 3 aliphatic heterocycles. The van der Waals surface area contributed by atoms with Crippen molar-refractivity contribution in [1.82, 2.24) is 4.90 Å². The molecule has 12 nitrogen and oxygen atoms in total. The van der Waals surface area contributed by atoms with Crippen molar-refractivity contribution in [3.63, 3.8) is 0 Å². The molecule has 1 spiro atoms. The Morgan fingerprint density at radius 3 is 1.83 bits per heavy atom. The lowest BCUT2D eigenvalue weighted by Gasteiger charge is -2.40. The van der Waals surface area contributed by atoms with Gasteiger partial charge in [0.1, 0.15) is 54.9 Å². The number of piperidine rings is 1. The molecule has 3 fully saturated rings. The Kier molecular flexibility index (Phi) is 9.96. The topological polar surface area (TPSA) is 201 Å². The summed E-state index contributed by atoms with van der Waals surface area (Å²) in [5.41, 5.74) is 5.11. The highest BCUT2D eigenvalue weighted by Crippen LogP contribution is 2.54. The van der Waals surface area contributed by atoms with E-state index in [1.165, 1.54) is 0 Å². The molecule has 256 valence electrons. The van der Waals surface area contributed by atoms with Gasteiger partial charge in [0.25, 0.3) is 0 Å². The van der Waals surface area contributed by atoms with Crippen LogP contribution in [0.3, 0.4) is 0 Å². The summed E-state index contributed by atoms with van der Waals surface area (Å²) in [5.74, 6) is 12.1. The second-order valence-corrected chi connectivity index (χ2v) is 13.0. The van der Waals surface area contributed by atoms with Crippen molar-refractivity contribution in [3.05, 3.63) is 58.7 Å². The number of nitrogens with zero attached hydrogens (tertiary/aromatic N) is 1. The average Bonchev–Trinajstić information content (AvgIpc) is 3.34.